The lowest BCUT2D eigenvalue weighted by molar-refractivity contribution is -0.135. The first-order valence-electron chi connectivity index (χ1n) is 8.95. The molecular weight excluding hydrogens is 334 g/mol. The topological polar surface area (TPSA) is 87.7 Å². The van der Waals surface area contributed by atoms with E-state index in [-0.39, 0.29) is 12.5 Å². The van der Waals surface area contributed by atoms with Gasteiger partial charge in [-0.25, -0.2) is 4.79 Å². The molecular formula is C19H27N3O4. The van der Waals surface area contributed by atoms with Crippen LogP contribution in [0.4, 0.5) is 4.79 Å². The van der Waals surface area contributed by atoms with E-state index < -0.39 is 17.5 Å². The summed E-state index contributed by atoms with van der Waals surface area (Å²) in [6.07, 6.45) is 2.20. The van der Waals surface area contributed by atoms with E-state index in [9.17, 15) is 14.4 Å². The van der Waals surface area contributed by atoms with Gasteiger partial charge in [-0.3, -0.25) is 14.5 Å². The van der Waals surface area contributed by atoms with Crippen molar-refractivity contribution in [1.82, 2.24) is 15.5 Å². The molecule has 0 aliphatic carbocycles. The van der Waals surface area contributed by atoms with Gasteiger partial charge in [-0.05, 0) is 43.0 Å². The summed E-state index contributed by atoms with van der Waals surface area (Å²) in [5.74, 6) is -0.0242. The Morgan fingerprint density at radius 1 is 1.31 bits per heavy atom. The largest absolute Gasteiger partial charge is 0.496 e. The maximum Gasteiger partial charge on any atom is 0.325 e. The number of nitrogens with zero attached hydrogens (tertiary/aromatic N) is 1. The number of aryl methyl sites for hydroxylation is 1. The predicted molar refractivity (Wildman–Crippen MR) is 97.9 cm³/mol. The number of ether oxygens (including phenoxy) is 1. The molecule has 7 nitrogen and oxygen atoms in total. The fourth-order valence-corrected chi connectivity index (χ4v) is 3.16. The molecule has 0 radical (unpaired) electrons. The van der Waals surface area contributed by atoms with Crippen molar-refractivity contribution in [2.24, 2.45) is 0 Å². The third kappa shape index (κ3) is 3.66. The Morgan fingerprint density at radius 2 is 2.04 bits per heavy atom. The molecule has 1 fully saturated rings. The van der Waals surface area contributed by atoms with Crippen LogP contribution in [0.25, 0.3) is 0 Å². The number of carbonyl (C=O) groups is 3. The number of hydrogen-bond donors (Lipinski definition) is 2. The highest BCUT2D eigenvalue weighted by atomic mass is 16.5. The van der Waals surface area contributed by atoms with E-state index in [2.05, 4.69) is 10.6 Å². The zero-order valence-corrected chi connectivity index (χ0v) is 15.8. The Balaban J connectivity index is 2.23. The number of amides is 4. The van der Waals surface area contributed by atoms with Gasteiger partial charge in [0, 0.05) is 6.54 Å². The second-order valence-corrected chi connectivity index (χ2v) is 6.47. The number of rotatable bonds is 8. The molecule has 1 unspecified atom stereocenters. The molecule has 142 valence electrons. The van der Waals surface area contributed by atoms with Crippen LogP contribution in [0.15, 0.2) is 18.2 Å². The van der Waals surface area contributed by atoms with Crippen molar-refractivity contribution < 1.29 is 19.1 Å². The Morgan fingerprint density at radius 3 is 2.62 bits per heavy atom. The van der Waals surface area contributed by atoms with Gasteiger partial charge in [-0.1, -0.05) is 26.3 Å². The molecule has 0 bridgehead atoms. The summed E-state index contributed by atoms with van der Waals surface area (Å²) in [5.41, 5.74) is 0.402. The summed E-state index contributed by atoms with van der Waals surface area (Å²) >= 11 is 0. The van der Waals surface area contributed by atoms with Crippen molar-refractivity contribution in [2.45, 2.75) is 45.6 Å². The van der Waals surface area contributed by atoms with Gasteiger partial charge in [0.2, 0.25) is 5.91 Å². The smallest absolute Gasteiger partial charge is 0.325 e. The molecule has 7 heteroatoms. The fraction of sp³-hybridized carbons (Fsp3) is 0.526. The van der Waals surface area contributed by atoms with Gasteiger partial charge in [-0.2, -0.15) is 0 Å². The van der Waals surface area contributed by atoms with E-state index in [4.69, 9.17) is 4.74 Å². The number of nitrogens with one attached hydrogen (secondary N) is 2. The van der Waals surface area contributed by atoms with Crippen LogP contribution in [0, 0.1) is 6.92 Å². The summed E-state index contributed by atoms with van der Waals surface area (Å²) in [4.78, 5) is 38.5. The van der Waals surface area contributed by atoms with E-state index in [1.807, 2.05) is 26.8 Å². The van der Waals surface area contributed by atoms with Crippen molar-refractivity contribution in [1.29, 1.82) is 0 Å². The number of carbonyl (C=O) groups excluding carboxylic acids is 3. The minimum Gasteiger partial charge on any atom is -0.496 e. The average Bonchev–Trinajstić information content (AvgIpc) is 2.87. The number of unbranched alkanes of at least 4 members (excludes halogenated alkanes) is 1. The molecule has 0 spiro atoms. The number of urea groups is 1. The molecule has 0 aromatic heterocycles. The number of benzene rings is 1. The van der Waals surface area contributed by atoms with Gasteiger partial charge < -0.3 is 15.4 Å². The second-order valence-electron chi connectivity index (χ2n) is 6.47. The monoisotopic (exact) mass is 361 g/mol. The zero-order chi connectivity index (χ0) is 19.3. The Hall–Kier alpha value is -2.57. The molecule has 1 aromatic rings. The van der Waals surface area contributed by atoms with Crippen LogP contribution in [-0.4, -0.2) is 42.9 Å². The van der Waals surface area contributed by atoms with Gasteiger partial charge in [0.1, 0.15) is 17.8 Å². The molecule has 0 saturated carbocycles. The highest BCUT2D eigenvalue weighted by Gasteiger charge is 2.51. The van der Waals surface area contributed by atoms with Gasteiger partial charge in [0.05, 0.1) is 7.11 Å². The first-order chi connectivity index (χ1) is 12.4. The fourth-order valence-electron chi connectivity index (χ4n) is 3.16. The molecule has 1 aliphatic heterocycles. The molecule has 1 atom stereocenters. The van der Waals surface area contributed by atoms with Crippen molar-refractivity contribution in [3.05, 3.63) is 29.3 Å². The van der Waals surface area contributed by atoms with Crippen LogP contribution in [-0.2, 0) is 15.1 Å². The van der Waals surface area contributed by atoms with Crippen LogP contribution in [0.5, 0.6) is 5.75 Å². The van der Waals surface area contributed by atoms with Crippen molar-refractivity contribution in [3.8, 4) is 5.75 Å². The standard InChI is InChI=1S/C19H27N3O4/c1-5-7-10-20-16(23)12-22-17(24)19(6-2,21-18(22)25)14-8-9-15(26-4)13(3)11-14/h8-9,11H,5-7,10,12H2,1-4H3,(H,20,23)(H,21,25). The van der Waals surface area contributed by atoms with Crippen LogP contribution in [0.1, 0.15) is 44.2 Å². The number of hydrogen-bond acceptors (Lipinski definition) is 4. The molecule has 1 saturated heterocycles. The summed E-state index contributed by atoms with van der Waals surface area (Å²) in [5, 5.41) is 5.52. The third-order valence-corrected chi connectivity index (χ3v) is 4.75. The van der Waals surface area contributed by atoms with Gasteiger partial charge in [0.15, 0.2) is 0 Å². The highest BCUT2D eigenvalue weighted by Crippen LogP contribution is 2.34. The third-order valence-electron chi connectivity index (χ3n) is 4.75. The quantitative estimate of drug-likeness (QED) is 0.548. The van der Waals surface area contributed by atoms with E-state index in [1.165, 1.54) is 0 Å². The van der Waals surface area contributed by atoms with E-state index in [0.717, 1.165) is 23.3 Å². The SMILES string of the molecule is CCCCNC(=O)CN1C(=O)NC(CC)(c2ccc(OC)c(C)c2)C1=O. The first-order valence-corrected chi connectivity index (χ1v) is 8.95. The maximum atomic E-state index is 13.0. The second kappa shape index (κ2) is 8.21. The summed E-state index contributed by atoms with van der Waals surface area (Å²) in [6, 6.07) is 4.85. The van der Waals surface area contributed by atoms with Gasteiger partial charge in [-0.15, -0.1) is 0 Å². The van der Waals surface area contributed by atoms with E-state index >= 15 is 0 Å². The lowest BCUT2D eigenvalue weighted by Gasteiger charge is -2.26. The van der Waals surface area contributed by atoms with Gasteiger partial charge in [0.25, 0.3) is 5.91 Å². The lowest BCUT2D eigenvalue weighted by Crippen LogP contribution is -2.45. The van der Waals surface area contributed by atoms with Crippen molar-refractivity contribution in [2.75, 3.05) is 20.2 Å². The normalized spacial score (nSPS) is 19.5. The lowest BCUT2D eigenvalue weighted by atomic mass is 9.86. The molecule has 1 aliphatic rings. The summed E-state index contributed by atoms with van der Waals surface area (Å²) in [6.45, 7) is 6.01. The van der Waals surface area contributed by atoms with E-state index in [1.54, 1.807) is 19.2 Å². The maximum absolute atomic E-state index is 13.0. The van der Waals surface area contributed by atoms with Crippen LogP contribution < -0.4 is 15.4 Å². The Bertz CT molecular complexity index is 704. The van der Waals surface area contributed by atoms with E-state index in [0.29, 0.717) is 24.3 Å². The zero-order valence-electron chi connectivity index (χ0n) is 15.8. The minimum atomic E-state index is -1.15. The first kappa shape index (κ1) is 19.8. The number of imide groups is 1. The van der Waals surface area contributed by atoms with Crippen molar-refractivity contribution >= 4 is 17.8 Å². The highest BCUT2D eigenvalue weighted by molar-refractivity contribution is 6.09. The summed E-state index contributed by atoms with van der Waals surface area (Å²) in [7, 11) is 1.58. The average molecular weight is 361 g/mol. The summed E-state index contributed by atoms with van der Waals surface area (Å²) < 4.78 is 5.26. The molecule has 2 N–H and O–H groups in total. The molecule has 4 amide bonds. The number of methoxy groups -OCH3 is 1. The van der Waals surface area contributed by atoms with Crippen molar-refractivity contribution in [3.63, 3.8) is 0 Å². The predicted octanol–water partition coefficient (Wildman–Crippen LogP) is 2.08. The van der Waals surface area contributed by atoms with Crippen LogP contribution in [0.2, 0.25) is 0 Å². The van der Waals surface area contributed by atoms with Crippen LogP contribution >= 0.6 is 0 Å². The Labute approximate surface area is 154 Å². The Kier molecular flexibility index (Phi) is 6.23. The molecule has 26 heavy (non-hydrogen) atoms. The van der Waals surface area contributed by atoms with Crippen LogP contribution in [0.3, 0.4) is 0 Å². The van der Waals surface area contributed by atoms with Gasteiger partial charge >= 0.3 is 6.03 Å². The minimum absolute atomic E-state index is 0.273. The molecule has 1 aromatic carbocycles. The molecule has 2 rings (SSSR count). The molecule has 1 heterocycles.